The van der Waals surface area contributed by atoms with E-state index in [1.54, 1.807) is 13.8 Å². The number of carbonyl (C=O) groups is 1. The van der Waals surface area contributed by atoms with E-state index in [0.717, 1.165) is 0 Å². The van der Waals surface area contributed by atoms with E-state index in [9.17, 15) is 4.79 Å². The molecule has 0 amide bonds. The van der Waals surface area contributed by atoms with Crippen LogP contribution in [0.15, 0.2) is 12.2 Å². The lowest BCUT2D eigenvalue weighted by Gasteiger charge is -2.19. The Morgan fingerprint density at radius 3 is 2.25 bits per heavy atom. The third kappa shape index (κ3) is 6.17. The standard InChI is InChI=1S/C11H21O4Si/c1-7-13-16(14-9(4)5)15-10(6)11(12)8(2)3/h9-10H,2,7H2,1,3-6H3. The molecule has 0 aliphatic carbocycles. The third-order valence-electron chi connectivity index (χ3n) is 1.66. The lowest BCUT2D eigenvalue weighted by molar-refractivity contribution is -0.123. The second-order valence-corrected chi connectivity index (χ2v) is 5.01. The predicted molar refractivity (Wildman–Crippen MR) is 64.0 cm³/mol. The first kappa shape index (κ1) is 15.5. The van der Waals surface area contributed by atoms with Gasteiger partial charge in [0.05, 0.1) is 0 Å². The summed E-state index contributed by atoms with van der Waals surface area (Å²) >= 11 is 0. The topological polar surface area (TPSA) is 44.8 Å². The largest absolute Gasteiger partial charge is 0.578 e. The van der Waals surface area contributed by atoms with Gasteiger partial charge >= 0.3 is 9.53 Å². The summed E-state index contributed by atoms with van der Waals surface area (Å²) in [5.41, 5.74) is 0.481. The number of rotatable bonds is 8. The maximum atomic E-state index is 11.5. The van der Waals surface area contributed by atoms with Gasteiger partial charge in [0.2, 0.25) is 0 Å². The summed E-state index contributed by atoms with van der Waals surface area (Å²) in [6.07, 6.45) is -0.538. The highest BCUT2D eigenvalue weighted by Gasteiger charge is 2.26. The summed E-state index contributed by atoms with van der Waals surface area (Å²) in [6, 6.07) is 0. The Morgan fingerprint density at radius 1 is 1.31 bits per heavy atom. The summed E-state index contributed by atoms with van der Waals surface area (Å²) in [5.74, 6) is -0.116. The first-order chi connectivity index (χ1) is 7.38. The Balaban J connectivity index is 4.27. The molecule has 0 saturated carbocycles. The highest BCUT2D eigenvalue weighted by atomic mass is 28.3. The number of ketones is 1. The molecule has 93 valence electrons. The summed E-state index contributed by atoms with van der Waals surface area (Å²) < 4.78 is 16.3. The molecule has 0 aliphatic rings. The van der Waals surface area contributed by atoms with Crippen LogP contribution in [0.5, 0.6) is 0 Å². The highest BCUT2D eigenvalue weighted by molar-refractivity contribution is 6.37. The van der Waals surface area contributed by atoms with Crippen LogP contribution in [0.2, 0.25) is 0 Å². The molecule has 0 spiro atoms. The van der Waals surface area contributed by atoms with Crippen molar-refractivity contribution in [3.05, 3.63) is 12.2 Å². The molecular weight excluding hydrogens is 224 g/mol. The molecule has 0 aromatic rings. The van der Waals surface area contributed by atoms with Gasteiger partial charge in [-0.25, -0.2) is 0 Å². The summed E-state index contributed by atoms with van der Waals surface area (Å²) in [5, 5.41) is 0. The summed E-state index contributed by atoms with van der Waals surface area (Å²) in [7, 11) is -1.83. The summed E-state index contributed by atoms with van der Waals surface area (Å²) in [4.78, 5) is 11.5. The molecule has 1 atom stereocenters. The van der Waals surface area contributed by atoms with Crippen molar-refractivity contribution in [2.45, 2.75) is 46.8 Å². The Bertz CT molecular complexity index is 240. The van der Waals surface area contributed by atoms with Crippen LogP contribution in [0.1, 0.15) is 34.6 Å². The van der Waals surface area contributed by atoms with E-state index < -0.39 is 15.6 Å². The van der Waals surface area contributed by atoms with Gasteiger partial charge in [0.25, 0.3) is 0 Å². The minimum atomic E-state index is -1.83. The molecule has 0 aromatic heterocycles. The summed E-state index contributed by atoms with van der Waals surface area (Å²) in [6.45, 7) is 13.1. The Hall–Kier alpha value is -0.493. The molecule has 0 aromatic carbocycles. The van der Waals surface area contributed by atoms with Crippen molar-refractivity contribution in [3.8, 4) is 0 Å². The molecule has 0 aliphatic heterocycles. The number of hydrogen-bond acceptors (Lipinski definition) is 4. The van der Waals surface area contributed by atoms with Crippen molar-refractivity contribution >= 4 is 15.3 Å². The quantitative estimate of drug-likeness (QED) is 0.484. The Labute approximate surface area is 99.5 Å². The van der Waals surface area contributed by atoms with Crippen molar-refractivity contribution in [1.29, 1.82) is 0 Å². The molecule has 1 unspecified atom stereocenters. The van der Waals surface area contributed by atoms with Crippen LogP contribution in [0.4, 0.5) is 0 Å². The fourth-order valence-corrected chi connectivity index (χ4v) is 2.16. The molecule has 16 heavy (non-hydrogen) atoms. The van der Waals surface area contributed by atoms with Gasteiger partial charge in [-0.05, 0) is 40.2 Å². The van der Waals surface area contributed by atoms with Gasteiger partial charge in [0.1, 0.15) is 6.10 Å². The van der Waals surface area contributed by atoms with E-state index in [0.29, 0.717) is 12.2 Å². The highest BCUT2D eigenvalue weighted by Crippen LogP contribution is 2.06. The van der Waals surface area contributed by atoms with Crippen molar-refractivity contribution in [2.24, 2.45) is 0 Å². The molecule has 0 fully saturated rings. The zero-order chi connectivity index (χ0) is 12.7. The minimum absolute atomic E-state index is 0.0209. The molecule has 0 bridgehead atoms. The van der Waals surface area contributed by atoms with Crippen molar-refractivity contribution < 1.29 is 18.1 Å². The van der Waals surface area contributed by atoms with Crippen LogP contribution >= 0.6 is 0 Å². The SMILES string of the molecule is C=C(C)C(=O)C(C)O[Si](OCC)OC(C)C. The van der Waals surface area contributed by atoms with Gasteiger partial charge in [-0.2, -0.15) is 0 Å². The molecular formula is C11H21O4Si. The van der Waals surface area contributed by atoms with E-state index in [2.05, 4.69) is 6.58 Å². The number of hydrogen-bond donors (Lipinski definition) is 0. The van der Waals surface area contributed by atoms with Gasteiger partial charge in [-0.1, -0.05) is 6.58 Å². The van der Waals surface area contributed by atoms with E-state index in [1.165, 1.54) is 0 Å². The van der Waals surface area contributed by atoms with Gasteiger partial charge in [-0.3, -0.25) is 4.79 Å². The molecule has 1 radical (unpaired) electrons. The van der Waals surface area contributed by atoms with Gasteiger partial charge in [0.15, 0.2) is 5.78 Å². The predicted octanol–water partition coefficient (Wildman–Crippen LogP) is 1.98. The molecule has 0 saturated heterocycles. The molecule has 5 heteroatoms. The molecule has 0 N–H and O–H groups in total. The number of carbonyl (C=O) groups excluding carboxylic acids is 1. The van der Waals surface area contributed by atoms with Crippen LogP contribution in [0.3, 0.4) is 0 Å². The van der Waals surface area contributed by atoms with Crippen molar-refractivity contribution in [1.82, 2.24) is 0 Å². The molecule has 0 heterocycles. The fourth-order valence-electron chi connectivity index (χ4n) is 0.951. The smallest absolute Gasteiger partial charge is 0.371 e. The minimum Gasteiger partial charge on any atom is -0.371 e. The van der Waals surface area contributed by atoms with Crippen molar-refractivity contribution in [3.63, 3.8) is 0 Å². The third-order valence-corrected chi connectivity index (χ3v) is 3.39. The van der Waals surface area contributed by atoms with Crippen LogP contribution in [0.25, 0.3) is 0 Å². The lowest BCUT2D eigenvalue weighted by Crippen LogP contribution is -2.36. The average Bonchev–Trinajstić information content (AvgIpc) is 2.15. The Morgan fingerprint density at radius 2 is 1.88 bits per heavy atom. The second-order valence-electron chi connectivity index (χ2n) is 3.75. The lowest BCUT2D eigenvalue weighted by atomic mass is 10.1. The van der Waals surface area contributed by atoms with Gasteiger partial charge in [0, 0.05) is 12.7 Å². The van der Waals surface area contributed by atoms with E-state index in [1.807, 2.05) is 20.8 Å². The van der Waals surface area contributed by atoms with Gasteiger partial charge in [-0.15, -0.1) is 0 Å². The monoisotopic (exact) mass is 245 g/mol. The number of Topliss-reactive ketones (excluding diaryl/α,β-unsaturated/α-hetero) is 1. The zero-order valence-corrected chi connectivity index (χ0v) is 11.7. The molecule has 0 rings (SSSR count). The van der Waals surface area contributed by atoms with Gasteiger partial charge < -0.3 is 13.3 Å². The second kappa shape index (κ2) is 7.73. The maximum Gasteiger partial charge on any atom is 0.578 e. The first-order valence-corrected chi connectivity index (χ1v) is 6.63. The average molecular weight is 245 g/mol. The zero-order valence-electron chi connectivity index (χ0n) is 10.7. The normalized spacial score (nSPS) is 13.2. The fraction of sp³-hybridized carbons (Fsp3) is 0.727. The van der Waals surface area contributed by atoms with E-state index in [4.69, 9.17) is 13.3 Å². The van der Waals surface area contributed by atoms with Crippen molar-refractivity contribution in [2.75, 3.05) is 6.61 Å². The maximum absolute atomic E-state index is 11.5. The first-order valence-electron chi connectivity index (χ1n) is 5.41. The molecule has 4 nitrogen and oxygen atoms in total. The van der Waals surface area contributed by atoms with Crippen LogP contribution in [-0.2, 0) is 18.1 Å². The van der Waals surface area contributed by atoms with Crippen LogP contribution in [0, 0.1) is 0 Å². The van der Waals surface area contributed by atoms with Crippen LogP contribution in [-0.4, -0.2) is 34.1 Å². The van der Waals surface area contributed by atoms with E-state index >= 15 is 0 Å². The Kier molecular flexibility index (Phi) is 7.49. The van der Waals surface area contributed by atoms with Crippen LogP contribution < -0.4 is 0 Å². The van der Waals surface area contributed by atoms with E-state index in [-0.39, 0.29) is 11.9 Å².